The summed E-state index contributed by atoms with van der Waals surface area (Å²) in [7, 11) is 0. The molecule has 0 aliphatic carbocycles. The molecular formula is C8H17NO. The maximum absolute atomic E-state index is 8.84. The summed E-state index contributed by atoms with van der Waals surface area (Å²) in [6.07, 6.45) is 4.90. The predicted octanol–water partition coefficient (Wildman–Crippen LogP) is 0.899. The highest BCUT2D eigenvalue weighted by Gasteiger charge is 2.17. The Morgan fingerprint density at radius 2 is 2.10 bits per heavy atom. The molecule has 2 nitrogen and oxygen atoms in total. The molecule has 0 aromatic rings. The topological polar surface area (TPSA) is 32.3 Å². The van der Waals surface area contributed by atoms with Crippen LogP contribution in [0.5, 0.6) is 0 Å². The van der Waals surface area contributed by atoms with Crippen LogP contribution in [0.15, 0.2) is 0 Å². The highest BCUT2D eigenvalue weighted by molar-refractivity contribution is 4.78. The Balaban J connectivity index is 2.25. The Hall–Kier alpha value is -0.0800. The molecule has 60 valence electrons. The zero-order valence-electron chi connectivity index (χ0n) is 6.64. The number of aliphatic hydroxyl groups is 1. The van der Waals surface area contributed by atoms with E-state index in [-0.39, 0.29) is 0 Å². The Kier molecular flexibility index (Phi) is 3.16. The fourth-order valence-corrected chi connectivity index (χ4v) is 1.58. The lowest BCUT2D eigenvalue weighted by Crippen LogP contribution is -2.43. The van der Waals surface area contributed by atoms with Crippen LogP contribution < -0.4 is 5.32 Å². The Morgan fingerprint density at radius 1 is 1.40 bits per heavy atom. The van der Waals surface area contributed by atoms with E-state index in [1.807, 2.05) is 0 Å². The summed E-state index contributed by atoms with van der Waals surface area (Å²) in [6, 6.07) is 1.03. The first-order chi connectivity index (χ1) is 4.86. The van der Waals surface area contributed by atoms with E-state index in [9.17, 15) is 0 Å². The number of nitrogens with one attached hydrogen (secondary N) is 1. The number of aliphatic hydroxyl groups excluding tert-OH is 1. The lowest BCUT2D eigenvalue weighted by Gasteiger charge is -2.28. The van der Waals surface area contributed by atoms with Crippen LogP contribution in [0.3, 0.4) is 0 Å². The van der Waals surface area contributed by atoms with Gasteiger partial charge in [0.05, 0.1) is 6.61 Å². The van der Waals surface area contributed by atoms with Gasteiger partial charge in [-0.1, -0.05) is 13.3 Å². The third-order valence-corrected chi connectivity index (χ3v) is 2.29. The maximum Gasteiger partial charge on any atom is 0.0584 e. The second-order valence-corrected chi connectivity index (χ2v) is 3.08. The van der Waals surface area contributed by atoms with Crippen molar-refractivity contribution in [3.63, 3.8) is 0 Å². The molecule has 0 aromatic carbocycles. The van der Waals surface area contributed by atoms with E-state index in [0.717, 1.165) is 6.42 Å². The SMILES string of the molecule is CCC1CCCC(CO)N1. The van der Waals surface area contributed by atoms with Crippen LogP contribution in [-0.2, 0) is 0 Å². The van der Waals surface area contributed by atoms with Crippen LogP contribution in [-0.4, -0.2) is 23.8 Å². The maximum atomic E-state index is 8.84. The normalized spacial score (nSPS) is 34.2. The monoisotopic (exact) mass is 143 g/mol. The van der Waals surface area contributed by atoms with Gasteiger partial charge in [0, 0.05) is 12.1 Å². The molecule has 2 heteroatoms. The van der Waals surface area contributed by atoms with E-state index >= 15 is 0 Å². The van der Waals surface area contributed by atoms with E-state index < -0.39 is 0 Å². The number of hydrogen-bond acceptors (Lipinski definition) is 2. The second-order valence-electron chi connectivity index (χ2n) is 3.08. The third-order valence-electron chi connectivity index (χ3n) is 2.29. The minimum Gasteiger partial charge on any atom is -0.395 e. The van der Waals surface area contributed by atoms with E-state index in [1.54, 1.807) is 0 Å². The zero-order valence-corrected chi connectivity index (χ0v) is 6.64. The van der Waals surface area contributed by atoms with Crippen molar-refractivity contribution in [2.45, 2.75) is 44.7 Å². The van der Waals surface area contributed by atoms with Crippen molar-refractivity contribution in [3.8, 4) is 0 Å². The van der Waals surface area contributed by atoms with Crippen molar-refractivity contribution in [1.29, 1.82) is 0 Å². The molecule has 0 aromatic heterocycles. The van der Waals surface area contributed by atoms with Gasteiger partial charge in [-0.15, -0.1) is 0 Å². The molecule has 1 aliphatic rings. The quantitative estimate of drug-likeness (QED) is 0.602. The molecule has 2 unspecified atom stereocenters. The minimum atomic E-state index is 0.302. The van der Waals surface area contributed by atoms with Gasteiger partial charge in [0.2, 0.25) is 0 Å². The van der Waals surface area contributed by atoms with Crippen molar-refractivity contribution in [2.24, 2.45) is 0 Å². The molecule has 0 saturated carbocycles. The first-order valence-corrected chi connectivity index (χ1v) is 4.23. The summed E-state index contributed by atoms with van der Waals surface area (Å²) in [4.78, 5) is 0. The molecule has 1 aliphatic heterocycles. The van der Waals surface area contributed by atoms with E-state index in [2.05, 4.69) is 12.2 Å². The highest BCUT2D eigenvalue weighted by Crippen LogP contribution is 2.13. The first-order valence-electron chi connectivity index (χ1n) is 4.23. The average Bonchev–Trinajstić information content (AvgIpc) is 2.05. The van der Waals surface area contributed by atoms with Crippen molar-refractivity contribution >= 4 is 0 Å². The molecule has 10 heavy (non-hydrogen) atoms. The van der Waals surface area contributed by atoms with Gasteiger partial charge in [-0.3, -0.25) is 0 Å². The summed E-state index contributed by atoms with van der Waals surface area (Å²) in [5.41, 5.74) is 0. The first kappa shape index (κ1) is 8.02. The van der Waals surface area contributed by atoms with E-state index in [4.69, 9.17) is 5.11 Å². The fourth-order valence-electron chi connectivity index (χ4n) is 1.58. The Morgan fingerprint density at radius 3 is 2.70 bits per heavy atom. The van der Waals surface area contributed by atoms with Crippen molar-refractivity contribution < 1.29 is 5.11 Å². The molecule has 1 fully saturated rings. The standard InChI is InChI=1S/C8H17NO/c1-2-7-4-3-5-8(6-10)9-7/h7-10H,2-6H2,1H3. The summed E-state index contributed by atoms with van der Waals surface area (Å²) >= 11 is 0. The summed E-state index contributed by atoms with van der Waals surface area (Å²) < 4.78 is 0. The molecule has 1 heterocycles. The molecular weight excluding hydrogens is 126 g/mol. The van der Waals surface area contributed by atoms with Gasteiger partial charge in [-0.05, 0) is 19.3 Å². The number of rotatable bonds is 2. The van der Waals surface area contributed by atoms with Crippen molar-refractivity contribution in [2.75, 3.05) is 6.61 Å². The fraction of sp³-hybridized carbons (Fsp3) is 1.00. The average molecular weight is 143 g/mol. The zero-order chi connectivity index (χ0) is 7.40. The lowest BCUT2D eigenvalue weighted by atomic mass is 9.97. The minimum absolute atomic E-state index is 0.302. The molecule has 0 spiro atoms. The van der Waals surface area contributed by atoms with Crippen LogP contribution in [0.4, 0.5) is 0 Å². The van der Waals surface area contributed by atoms with Crippen LogP contribution in [0.1, 0.15) is 32.6 Å². The van der Waals surface area contributed by atoms with Gasteiger partial charge in [-0.25, -0.2) is 0 Å². The van der Waals surface area contributed by atoms with Crippen LogP contribution in [0.2, 0.25) is 0 Å². The van der Waals surface area contributed by atoms with E-state index in [1.165, 1.54) is 19.3 Å². The Labute approximate surface area is 62.6 Å². The molecule has 2 atom stereocenters. The molecule has 0 amide bonds. The second kappa shape index (κ2) is 3.94. The van der Waals surface area contributed by atoms with Gasteiger partial charge in [0.15, 0.2) is 0 Å². The lowest BCUT2D eigenvalue weighted by molar-refractivity contribution is 0.196. The molecule has 2 N–H and O–H groups in total. The molecule has 0 radical (unpaired) electrons. The van der Waals surface area contributed by atoms with Gasteiger partial charge < -0.3 is 10.4 Å². The number of hydrogen-bond donors (Lipinski definition) is 2. The van der Waals surface area contributed by atoms with Gasteiger partial charge in [0.25, 0.3) is 0 Å². The van der Waals surface area contributed by atoms with Crippen molar-refractivity contribution in [3.05, 3.63) is 0 Å². The summed E-state index contributed by atoms with van der Waals surface area (Å²) in [5.74, 6) is 0. The third kappa shape index (κ3) is 1.96. The summed E-state index contributed by atoms with van der Waals surface area (Å²) in [5, 5.41) is 12.2. The molecule has 1 saturated heterocycles. The highest BCUT2D eigenvalue weighted by atomic mass is 16.3. The van der Waals surface area contributed by atoms with Gasteiger partial charge >= 0.3 is 0 Å². The molecule has 0 bridgehead atoms. The van der Waals surface area contributed by atoms with Crippen LogP contribution >= 0.6 is 0 Å². The van der Waals surface area contributed by atoms with Crippen LogP contribution in [0, 0.1) is 0 Å². The van der Waals surface area contributed by atoms with E-state index in [0.29, 0.717) is 18.7 Å². The largest absolute Gasteiger partial charge is 0.395 e. The van der Waals surface area contributed by atoms with Gasteiger partial charge in [0.1, 0.15) is 0 Å². The number of piperidine rings is 1. The van der Waals surface area contributed by atoms with Crippen LogP contribution in [0.25, 0.3) is 0 Å². The molecule has 1 rings (SSSR count). The predicted molar refractivity (Wildman–Crippen MR) is 41.9 cm³/mol. The Bertz CT molecular complexity index is 85.3. The smallest absolute Gasteiger partial charge is 0.0584 e. The van der Waals surface area contributed by atoms with Crippen molar-refractivity contribution in [1.82, 2.24) is 5.32 Å². The summed E-state index contributed by atoms with van der Waals surface area (Å²) in [6.45, 7) is 2.49. The van der Waals surface area contributed by atoms with Gasteiger partial charge in [-0.2, -0.15) is 0 Å².